The van der Waals surface area contributed by atoms with Gasteiger partial charge in [0.15, 0.2) is 5.82 Å². The SMILES string of the molecule is C=CCCOCCNc1cc(F)cc(F)c1N. The van der Waals surface area contributed by atoms with Gasteiger partial charge in [-0.05, 0) is 12.5 Å². The zero-order valence-corrected chi connectivity index (χ0v) is 9.51. The summed E-state index contributed by atoms with van der Waals surface area (Å²) in [5.74, 6) is -1.42. The molecule has 0 radical (unpaired) electrons. The van der Waals surface area contributed by atoms with Gasteiger partial charge in [0.1, 0.15) is 5.82 Å². The third-order valence-corrected chi connectivity index (χ3v) is 2.12. The Labute approximate surface area is 99.3 Å². The summed E-state index contributed by atoms with van der Waals surface area (Å²) in [5.41, 5.74) is 5.62. The molecule has 0 saturated heterocycles. The molecule has 3 N–H and O–H groups in total. The van der Waals surface area contributed by atoms with Crippen molar-refractivity contribution in [1.82, 2.24) is 0 Å². The Kier molecular flexibility index (Phi) is 5.42. The maximum absolute atomic E-state index is 13.1. The molecule has 0 bridgehead atoms. The van der Waals surface area contributed by atoms with Gasteiger partial charge in [-0.3, -0.25) is 0 Å². The summed E-state index contributed by atoms with van der Waals surface area (Å²) >= 11 is 0. The Morgan fingerprint density at radius 3 is 2.82 bits per heavy atom. The molecule has 0 aliphatic carbocycles. The highest BCUT2D eigenvalue weighted by atomic mass is 19.1. The number of benzene rings is 1. The predicted molar refractivity (Wildman–Crippen MR) is 64.9 cm³/mol. The molecule has 0 heterocycles. The third kappa shape index (κ3) is 4.40. The highest BCUT2D eigenvalue weighted by Gasteiger charge is 2.07. The van der Waals surface area contributed by atoms with Crippen LogP contribution in [0.15, 0.2) is 24.8 Å². The van der Waals surface area contributed by atoms with E-state index in [9.17, 15) is 8.78 Å². The molecule has 94 valence electrons. The fourth-order valence-electron chi connectivity index (χ4n) is 1.26. The van der Waals surface area contributed by atoms with Crippen LogP contribution in [0.5, 0.6) is 0 Å². The Balaban J connectivity index is 2.38. The van der Waals surface area contributed by atoms with E-state index in [0.29, 0.717) is 19.8 Å². The largest absolute Gasteiger partial charge is 0.395 e. The van der Waals surface area contributed by atoms with E-state index in [1.807, 2.05) is 0 Å². The van der Waals surface area contributed by atoms with Crippen molar-refractivity contribution in [2.24, 2.45) is 0 Å². The molecule has 0 fully saturated rings. The Morgan fingerprint density at radius 2 is 2.12 bits per heavy atom. The molecule has 17 heavy (non-hydrogen) atoms. The van der Waals surface area contributed by atoms with Crippen LogP contribution in [0.4, 0.5) is 20.2 Å². The van der Waals surface area contributed by atoms with E-state index in [1.165, 1.54) is 0 Å². The van der Waals surface area contributed by atoms with Crippen LogP contribution < -0.4 is 11.1 Å². The lowest BCUT2D eigenvalue weighted by molar-refractivity contribution is 0.149. The van der Waals surface area contributed by atoms with Crippen LogP contribution in [0.25, 0.3) is 0 Å². The minimum absolute atomic E-state index is 0.0857. The summed E-state index contributed by atoms with van der Waals surface area (Å²) in [6, 6.07) is 1.91. The zero-order chi connectivity index (χ0) is 12.7. The molecule has 1 aromatic carbocycles. The van der Waals surface area contributed by atoms with E-state index in [4.69, 9.17) is 10.5 Å². The Bertz CT molecular complexity index is 383. The van der Waals surface area contributed by atoms with E-state index < -0.39 is 11.6 Å². The van der Waals surface area contributed by atoms with Crippen molar-refractivity contribution in [3.63, 3.8) is 0 Å². The van der Waals surface area contributed by atoms with Crippen LogP contribution >= 0.6 is 0 Å². The summed E-state index contributed by atoms with van der Waals surface area (Å²) in [5, 5.41) is 2.82. The van der Waals surface area contributed by atoms with Crippen molar-refractivity contribution in [2.75, 3.05) is 30.8 Å². The van der Waals surface area contributed by atoms with Gasteiger partial charge in [-0.2, -0.15) is 0 Å². The average molecular weight is 242 g/mol. The second-order valence-corrected chi connectivity index (χ2v) is 3.47. The first-order valence-corrected chi connectivity index (χ1v) is 5.32. The molecule has 0 amide bonds. The topological polar surface area (TPSA) is 47.3 Å². The maximum Gasteiger partial charge on any atom is 0.151 e. The molecular formula is C12H16F2N2O. The lowest BCUT2D eigenvalue weighted by Gasteiger charge is -2.10. The molecule has 0 aliphatic rings. The predicted octanol–water partition coefficient (Wildman–Crippen LogP) is 2.55. The summed E-state index contributed by atoms with van der Waals surface area (Å²) in [6.45, 7) is 5.01. The molecule has 0 saturated carbocycles. The molecule has 0 aromatic heterocycles. The van der Waals surface area contributed by atoms with Crippen molar-refractivity contribution in [2.45, 2.75) is 6.42 Å². The number of rotatable bonds is 7. The molecule has 3 nitrogen and oxygen atoms in total. The molecule has 0 spiro atoms. The number of hydrogen-bond donors (Lipinski definition) is 2. The van der Waals surface area contributed by atoms with Gasteiger partial charge in [0.05, 0.1) is 24.6 Å². The first kappa shape index (κ1) is 13.4. The molecule has 0 atom stereocenters. The van der Waals surface area contributed by atoms with Crippen molar-refractivity contribution in [3.8, 4) is 0 Å². The zero-order valence-electron chi connectivity index (χ0n) is 9.51. The second-order valence-electron chi connectivity index (χ2n) is 3.47. The maximum atomic E-state index is 13.1. The van der Waals surface area contributed by atoms with Crippen molar-refractivity contribution < 1.29 is 13.5 Å². The Morgan fingerprint density at radius 1 is 1.35 bits per heavy atom. The average Bonchev–Trinajstić information content (AvgIpc) is 2.29. The van der Waals surface area contributed by atoms with Crippen molar-refractivity contribution >= 4 is 11.4 Å². The summed E-state index contributed by atoms with van der Waals surface area (Å²) in [4.78, 5) is 0. The van der Waals surface area contributed by atoms with E-state index in [1.54, 1.807) is 6.08 Å². The molecule has 0 unspecified atom stereocenters. The highest BCUT2D eigenvalue weighted by molar-refractivity contribution is 5.66. The van der Waals surface area contributed by atoms with Crippen LogP contribution in [-0.4, -0.2) is 19.8 Å². The van der Waals surface area contributed by atoms with Gasteiger partial charge in [-0.15, -0.1) is 6.58 Å². The standard InChI is InChI=1S/C12H16F2N2O/c1-2-3-5-17-6-4-16-11-8-9(13)7-10(14)12(11)15/h2,7-8,16H,1,3-6,15H2. The number of hydrogen-bond acceptors (Lipinski definition) is 3. The quantitative estimate of drug-likeness (QED) is 0.439. The molecule has 5 heteroatoms. The van der Waals surface area contributed by atoms with Gasteiger partial charge in [0, 0.05) is 12.6 Å². The fourth-order valence-corrected chi connectivity index (χ4v) is 1.26. The van der Waals surface area contributed by atoms with Crippen LogP contribution in [0.2, 0.25) is 0 Å². The van der Waals surface area contributed by atoms with Gasteiger partial charge in [0.25, 0.3) is 0 Å². The Hall–Kier alpha value is -1.62. The lowest BCUT2D eigenvalue weighted by atomic mass is 10.2. The smallest absolute Gasteiger partial charge is 0.151 e. The summed E-state index contributed by atoms with van der Waals surface area (Å²) in [7, 11) is 0. The first-order valence-electron chi connectivity index (χ1n) is 5.32. The first-order chi connectivity index (χ1) is 8.15. The second kappa shape index (κ2) is 6.85. The summed E-state index contributed by atoms with van der Waals surface area (Å²) < 4.78 is 31.2. The molecule has 0 aliphatic heterocycles. The number of anilines is 2. The number of halogens is 2. The number of nitrogen functional groups attached to an aromatic ring is 1. The monoisotopic (exact) mass is 242 g/mol. The van der Waals surface area contributed by atoms with E-state index in [0.717, 1.165) is 18.6 Å². The molecular weight excluding hydrogens is 226 g/mol. The van der Waals surface area contributed by atoms with E-state index >= 15 is 0 Å². The minimum Gasteiger partial charge on any atom is -0.395 e. The minimum atomic E-state index is -0.764. The number of ether oxygens (including phenoxy) is 1. The summed E-state index contributed by atoms with van der Waals surface area (Å²) in [6.07, 6.45) is 2.53. The van der Waals surface area contributed by atoms with Crippen molar-refractivity contribution in [3.05, 3.63) is 36.4 Å². The highest BCUT2D eigenvalue weighted by Crippen LogP contribution is 2.22. The van der Waals surface area contributed by atoms with Crippen LogP contribution in [0.3, 0.4) is 0 Å². The van der Waals surface area contributed by atoms with Gasteiger partial charge in [0.2, 0.25) is 0 Å². The molecule has 1 aromatic rings. The van der Waals surface area contributed by atoms with Gasteiger partial charge in [-0.1, -0.05) is 6.08 Å². The van der Waals surface area contributed by atoms with Crippen LogP contribution in [-0.2, 0) is 4.74 Å². The number of nitrogens with one attached hydrogen (secondary N) is 1. The normalized spacial score (nSPS) is 10.2. The lowest BCUT2D eigenvalue weighted by Crippen LogP contribution is -2.12. The van der Waals surface area contributed by atoms with E-state index in [2.05, 4.69) is 11.9 Å². The van der Waals surface area contributed by atoms with Gasteiger partial charge >= 0.3 is 0 Å². The number of nitrogens with two attached hydrogens (primary N) is 1. The van der Waals surface area contributed by atoms with Crippen molar-refractivity contribution in [1.29, 1.82) is 0 Å². The molecule has 1 rings (SSSR count). The van der Waals surface area contributed by atoms with Crippen LogP contribution in [0, 0.1) is 11.6 Å². The van der Waals surface area contributed by atoms with Gasteiger partial charge < -0.3 is 15.8 Å². The van der Waals surface area contributed by atoms with E-state index in [-0.39, 0.29) is 11.4 Å². The van der Waals surface area contributed by atoms with Gasteiger partial charge in [-0.25, -0.2) is 8.78 Å². The fraction of sp³-hybridized carbons (Fsp3) is 0.333. The van der Waals surface area contributed by atoms with Crippen LogP contribution in [0.1, 0.15) is 6.42 Å². The third-order valence-electron chi connectivity index (χ3n) is 2.12.